The van der Waals surface area contributed by atoms with Crippen molar-refractivity contribution in [1.82, 2.24) is 0 Å². The fourth-order valence-corrected chi connectivity index (χ4v) is 4.64. The highest BCUT2D eigenvalue weighted by atomic mass is 79.9. The molecular weight excluding hydrogens is 420 g/mol. The molecule has 0 aliphatic heterocycles. The van der Waals surface area contributed by atoms with Gasteiger partial charge in [-0.05, 0) is 92.4 Å². The minimum Gasteiger partial charge on any atom is -0.496 e. The normalized spacial score (nSPS) is 13.3. The lowest BCUT2D eigenvalue weighted by atomic mass is 10.0. The van der Waals surface area contributed by atoms with Crippen LogP contribution in [0.15, 0.2) is 33.2 Å². The molecule has 0 radical (unpaired) electrons. The van der Waals surface area contributed by atoms with Crippen LogP contribution in [0, 0.1) is 0 Å². The van der Waals surface area contributed by atoms with E-state index < -0.39 is 0 Å². The van der Waals surface area contributed by atoms with Crippen molar-refractivity contribution in [2.75, 3.05) is 7.11 Å². The molecule has 2 aromatic rings. The Morgan fingerprint density at radius 1 is 1.09 bits per heavy atom. The van der Waals surface area contributed by atoms with Gasteiger partial charge in [0, 0.05) is 5.56 Å². The Kier molecular flexibility index (Phi) is 5.02. The van der Waals surface area contributed by atoms with Crippen LogP contribution in [0.3, 0.4) is 0 Å². The number of hydrogen-bond acceptors (Lipinski definition) is 2. The molecule has 3 rings (SSSR count). The van der Waals surface area contributed by atoms with E-state index in [2.05, 4.69) is 57.8 Å². The third-order valence-electron chi connectivity index (χ3n) is 4.29. The number of ether oxygens (including phenoxy) is 2. The maximum Gasteiger partial charge on any atom is 0.156 e. The van der Waals surface area contributed by atoms with Gasteiger partial charge in [0.15, 0.2) is 5.75 Å². The van der Waals surface area contributed by atoms with Crippen LogP contribution in [0.5, 0.6) is 17.2 Å². The van der Waals surface area contributed by atoms with E-state index in [4.69, 9.17) is 9.47 Å². The van der Waals surface area contributed by atoms with Gasteiger partial charge < -0.3 is 9.47 Å². The standard InChI is InChI=1S/C19H20Br2O2/c1-11(2)15-10-13(7-8-17(15)22-3)23-19-16(20)9-12-5-4-6-14(12)18(19)21/h7-11H,4-6H2,1-3H3. The maximum atomic E-state index is 6.21. The highest BCUT2D eigenvalue weighted by molar-refractivity contribution is 9.11. The van der Waals surface area contributed by atoms with Crippen LogP contribution in [-0.2, 0) is 12.8 Å². The van der Waals surface area contributed by atoms with Crippen molar-refractivity contribution in [1.29, 1.82) is 0 Å². The Morgan fingerprint density at radius 3 is 2.57 bits per heavy atom. The Hall–Kier alpha value is -1.00. The molecule has 122 valence electrons. The molecule has 0 N–H and O–H groups in total. The lowest BCUT2D eigenvalue weighted by Gasteiger charge is -2.16. The van der Waals surface area contributed by atoms with Crippen LogP contribution in [-0.4, -0.2) is 7.11 Å². The van der Waals surface area contributed by atoms with Crippen molar-refractivity contribution in [3.8, 4) is 17.2 Å². The molecule has 0 saturated carbocycles. The van der Waals surface area contributed by atoms with E-state index in [1.54, 1.807) is 7.11 Å². The smallest absolute Gasteiger partial charge is 0.156 e. The van der Waals surface area contributed by atoms with Gasteiger partial charge in [0.05, 0.1) is 16.1 Å². The fourth-order valence-electron chi connectivity index (χ4n) is 3.08. The number of rotatable bonds is 4. The van der Waals surface area contributed by atoms with Gasteiger partial charge in [-0.3, -0.25) is 0 Å². The van der Waals surface area contributed by atoms with Crippen LogP contribution < -0.4 is 9.47 Å². The van der Waals surface area contributed by atoms with Gasteiger partial charge in [0.1, 0.15) is 11.5 Å². The summed E-state index contributed by atoms with van der Waals surface area (Å²) in [4.78, 5) is 0. The zero-order valence-corrected chi connectivity index (χ0v) is 16.8. The zero-order chi connectivity index (χ0) is 16.6. The van der Waals surface area contributed by atoms with E-state index in [1.165, 1.54) is 17.5 Å². The van der Waals surface area contributed by atoms with Crippen molar-refractivity contribution in [3.05, 3.63) is 49.9 Å². The summed E-state index contributed by atoms with van der Waals surface area (Å²) < 4.78 is 13.7. The molecule has 2 aromatic carbocycles. The predicted octanol–water partition coefficient (Wildman–Crippen LogP) is 6.62. The average molecular weight is 440 g/mol. The quantitative estimate of drug-likeness (QED) is 0.532. The molecule has 2 nitrogen and oxygen atoms in total. The van der Waals surface area contributed by atoms with Gasteiger partial charge in [-0.1, -0.05) is 13.8 Å². The molecule has 1 aliphatic carbocycles. The Labute approximate surface area is 154 Å². The molecule has 0 unspecified atom stereocenters. The van der Waals surface area contributed by atoms with Crippen molar-refractivity contribution < 1.29 is 9.47 Å². The molecule has 0 bridgehead atoms. The van der Waals surface area contributed by atoms with Crippen molar-refractivity contribution in [3.63, 3.8) is 0 Å². The summed E-state index contributed by atoms with van der Waals surface area (Å²) in [5, 5.41) is 0. The molecule has 0 atom stereocenters. The zero-order valence-electron chi connectivity index (χ0n) is 13.6. The first-order valence-corrected chi connectivity index (χ1v) is 9.45. The third kappa shape index (κ3) is 3.29. The highest BCUT2D eigenvalue weighted by Gasteiger charge is 2.21. The highest BCUT2D eigenvalue weighted by Crippen LogP contribution is 2.44. The van der Waals surface area contributed by atoms with Crippen molar-refractivity contribution in [2.24, 2.45) is 0 Å². The number of hydrogen-bond donors (Lipinski definition) is 0. The number of methoxy groups -OCH3 is 1. The van der Waals surface area contributed by atoms with Crippen LogP contribution in [0.25, 0.3) is 0 Å². The predicted molar refractivity (Wildman–Crippen MR) is 101 cm³/mol. The second-order valence-corrected chi connectivity index (χ2v) is 7.80. The summed E-state index contributed by atoms with van der Waals surface area (Å²) in [7, 11) is 1.70. The van der Waals surface area contributed by atoms with E-state index in [0.29, 0.717) is 5.92 Å². The van der Waals surface area contributed by atoms with Crippen LogP contribution >= 0.6 is 31.9 Å². The molecule has 0 aromatic heterocycles. The Morgan fingerprint density at radius 2 is 1.87 bits per heavy atom. The van der Waals surface area contributed by atoms with E-state index in [1.807, 2.05) is 12.1 Å². The van der Waals surface area contributed by atoms with Gasteiger partial charge in [-0.15, -0.1) is 0 Å². The molecule has 0 fully saturated rings. The number of aryl methyl sites for hydroxylation is 1. The first kappa shape index (κ1) is 16.8. The molecule has 23 heavy (non-hydrogen) atoms. The van der Waals surface area contributed by atoms with Gasteiger partial charge in [-0.25, -0.2) is 0 Å². The summed E-state index contributed by atoms with van der Waals surface area (Å²) in [6.45, 7) is 4.31. The van der Waals surface area contributed by atoms with Gasteiger partial charge in [0.25, 0.3) is 0 Å². The second kappa shape index (κ2) is 6.86. The summed E-state index contributed by atoms with van der Waals surface area (Å²) in [5.41, 5.74) is 3.94. The average Bonchev–Trinajstić information content (AvgIpc) is 2.99. The van der Waals surface area contributed by atoms with E-state index in [-0.39, 0.29) is 0 Å². The molecule has 4 heteroatoms. The summed E-state index contributed by atoms with van der Waals surface area (Å²) in [5.74, 6) is 2.96. The van der Waals surface area contributed by atoms with Gasteiger partial charge >= 0.3 is 0 Å². The Bertz CT molecular complexity index is 739. The van der Waals surface area contributed by atoms with Crippen molar-refractivity contribution >= 4 is 31.9 Å². The maximum absolute atomic E-state index is 6.21. The SMILES string of the molecule is COc1ccc(Oc2c(Br)cc3c(c2Br)CCC3)cc1C(C)C. The van der Waals surface area contributed by atoms with E-state index in [9.17, 15) is 0 Å². The largest absolute Gasteiger partial charge is 0.496 e. The molecule has 1 aliphatic rings. The molecule has 0 amide bonds. The monoisotopic (exact) mass is 438 g/mol. The summed E-state index contributed by atoms with van der Waals surface area (Å²) >= 11 is 7.39. The summed E-state index contributed by atoms with van der Waals surface area (Å²) in [6.07, 6.45) is 3.47. The first-order chi connectivity index (χ1) is 11.0. The third-order valence-corrected chi connectivity index (χ3v) is 5.71. The van der Waals surface area contributed by atoms with E-state index in [0.717, 1.165) is 44.6 Å². The molecule has 0 heterocycles. The number of benzene rings is 2. The molecule has 0 saturated heterocycles. The van der Waals surface area contributed by atoms with Gasteiger partial charge in [-0.2, -0.15) is 0 Å². The molecular formula is C19H20Br2O2. The lowest BCUT2D eigenvalue weighted by molar-refractivity contribution is 0.405. The summed E-state index contributed by atoms with van der Waals surface area (Å²) in [6, 6.07) is 8.18. The van der Waals surface area contributed by atoms with Crippen LogP contribution in [0.2, 0.25) is 0 Å². The minimum atomic E-state index is 0.375. The topological polar surface area (TPSA) is 18.5 Å². The number of halogens is 2. The number of fused-ring (bicyclic) bond motifs is 1. The van der Waals surface area contributed by atoms with Gasteiger partial charge in [0.2, 0.25) is 0 Å². The van der Waals surface area contributed by atoms with Crippen LogP contribution in [0.1, 0.15) is 42.9 Å². The Balaban J connectivity index is 1.98. The fraction of sp³-hybridized carbons (Fsp3) is 0.368. The van der Waals surface area contributed by atoms with Crippen molar-refractivity contribution in [2.45, 2.75) is 39.0 Å². The second-order valence-electron chi connectivity index (χ2n) is 6.15. The molecule has 0 spiro atoms. The van der Waals surface area contributed by atoms with E-state index >= 15 is 0 Å². The lowest BCUT2D eigenvalue weighted by Crippen LogP contribution is -1.97. The first-order valence-electron chi connectivity index (χ1n) is 7.86. The van der Waals surface area contributed by atoms with Crippen LogP contribution in [0.4, 0.5) is 0 Å². The minimum absolute atomic E-state index is 0.375.